The van der Waals surface area contributed by atoms with Crippen molar-refractivity contribution in [3.8, 4) is 11.5 Å². The van der Waals surface area contributed by atoms with E-state index in [0.717, 1.165) is 22.6 Å². The molecule has 1 atom stereocenters. The molecule has 0 unspecified atom stereocenters. The van der Waals surface area contributed by atoms with Gasteiger partial charge in [0.1, 0.15) is 11.5 Å². The van der Waals surface area contributed by atoms with Crippen molar-refractivity contribution in [2.75, 3.05) is 13.7 Å². The summed E-state index contributed by atoms with van der Waals surface area (Å²) >= 11 is 0. The molecule has 0 bridgehead atoms. The summed E-state index contributed by atoms with van der Waals surface area (Å²) in [6.07, 6.45) is 0.313. The molecule has 0 saturated heterocycles. The van der Waals surface area contributed by atoms with Crippen molar-refractivity contribution >= 4 is 5.91 Å². The molecule has 0 fully saturated rings. The average molecular weight is 313 g/mol. The number of benzene rings is 2. The zero-order chi connectivity index (χ0) is 16.7. The van der Waals surface area contributed by atoms with Crippen molar-refractivity contribution in [3.63, 3.8) is 0 Å². The Labute approximate surface area is 137 Å². The molecule has 2 aromatic carbocycles. The molecular weight excluding hydrogens is 290 g/mol. The van der Waals surface area contributed by atoms with Crippen LogP contribution in [0.1, 0.15) is 30.5 Å². The van der Waals surface area contributed by atoms with Gasteiger partial charge in [0.15, 0.2) is 0 Å². The average Bonchev–Trinajstić information content (AvgIpc) is 2.54. The second-order valence-electron chi connectivity index (χ2n) is 5.45. The zero-order valence-corrected chi connectivity index (χ0v) is 13.8. The Morgan fingerprint density at radius 1 is 1.17 bits per heavy atom. The molecule has 23 heavy (non-hydrogen) atoms. The van der Waals surface area contributed by atoms with Crippen LogP contribution in [0.25, 0.3) is 0 Å². The van der Waals surface area contributed by atoms with Crippen LogP contribution in [0.2, 0.25) is 0 Å². The van der Waals surface area contributed by atoms with Crippen molar-refractivity contribution in [3.05, 3.63) is 59.7 Å². The Balaban J connectivity index is 1.82. The molecule has 1 N–H and O–H groups in total. The number of carbonyl (C=O) groups excluding carboxylic acids is 1. The van der Waals surface area contributed by atoms with Gasteiger partial charge in [-0.2, -0.15) is 0 Å². The van der Waals surface area contributed by atoms with E-state index in [2.05, 4.69) is 5.32 Å². The second-order valence-corrected chi connectivity index (χ2v) is 5.45. The Hall–Kier alpha value is -2.49. The third-order valence-electron chi connectivity index (χ3n) is 3.57. The van der Waals surface area contributed by atoms with Gasteiger partial charge in [-0.3, -0.25) is 4.79 Å². The topological polar surface area (TPSA) is 47.6 Å². The van der Waals surface area contributed by atoms with Crippen molar-refractivity contribution in [2.24, 2.45) is 0 Å². The predicted octanol–water partition coefficient (Wildman–Crippen LogP) is 3.65. The molecule has 0 aromatic heterocycles. The summed E-state index contributed by atoms with van der Waals surface area (Å²) in [4.78, 5) is 12.1. The molecule has 4 nitrogen and oxygen atoms in total. The van der Waals surface area contributed by atoms with Gasteiger partial charge in [0, 0.05) is 5.56 Å². The molecule has 0 radical (unpaired) electrons. The Kier molecular flexibility index (Phi) is 6.03. The summed E-state index contributed by atoms with van der Waals surface area (Å²) in [5, 5.41) is 2.97. The van der Waals surface area contributed by atoms with Crippen LogP contribution in [0, 0.1) is 6.92 Å². The maximum atomic E-state index is 12.1. The van der Waals surface area contributed by atoms with Crippen molar-refractivity contribution < 1.29 is 14.3 Å². The molecule has 122 valence electrons. The minimum Gasteiger partial charge on any atom is -0.496 e. The van der Waals surface area contributed by atoms with Gasteiger partial charge >= 0.3 is 0 Å². The lowest BCUT2D eigenvalue weighted by Gasteiger charge is -2.17. The summed E-state index contributed by atoms with van der Waals surface area (Å²) in [6.45, 7) is 4.31. The highest BCUT2D eigenvalue weighted by Gasteiger charge is 2.13. The maximum absolute atomic E-state index is 12.1. The Bertz CT molecular complexity index is 655. The van der Waals surface area contributed by atoms with E-state index in [-0.39, 0.29) is 11.9 Å². The molecule has 2 aromatic rings. The van der Waals surface area contributed by atoms with E-state index in [1.54, 1.807) is 7.11 Å². The van der Waals surface area contributed by atoms with Crippen molar-refractivity contribution in [2.45, 2.75) is 26.3 Å². The molecule has 0 saturated carbocycles. The summed E-state index contributed by atoms with van der Waals surface area (Å²) in [6, 6.07) is 15.4. The summed E-state index contributed by atoms with van der Waals surface area (Å²) < 4.78 is 10.9. The largest absolute Gasteiger partial charge is 0.496 e. The number of hydrogen-bond acceptors (Lipinski definition) is 3. The first-order chi connectivity index (χ1) is 11.1. The molecule has 0 heterocycles. The normalized spacial score (nSPS) is 11.6. The van der Waals surface area contributed by atoms with Crippen LogP contribution in [0.15, 0.2) is 48.5 Å². The first-order valence-corrected chi connectivity index (χ1v) is 7.72. The lowest BCUT2D eigenvalue weighted by atomic mass is 10.1. The minimum absolute atomic E-state index is 0.0453. The zero-order valence-electron chi connectivity index (χ0n) is 13.8. The van der Waals surface area contributed by atoms with E-state index in [1.807, 2.05) is 62.4 Å². The van der Waals surface area contributed by atoms with Gasteiger partial charge < -0.3 is 14.8 Å². The molecule has 1 amide bonds. The fraction of sp³-hybridized carbons (Fsp3) is 0.316. The van der Waals surface area contributed by atoms with Gasteiger partial charge in [0.05, 0.1) is 26.2 Å². The van der Waals surface area contributed by atoms with E-state index in [4.69, 9.17) is 9.47 Å². The van der Waals surface area contributed by atoms with Gasteiger partial charge in [0.2, 0.25) is 5.91 Å². The Morgan fingerprint density at radius 3 is 2.70 bits per heavy atom. The quantitative estimate of drug-likeness (QED) is 0.849. The van der Waals surface area contributed by atoms with Gasteiger partial charge in [-0.15, -0.1) is 0 Å². The van der Waals surface area contributed by atoms with E-state index in [9.17, 15) is 4.79 Å². The third kappa shape index (κ3) is 5.02. The van der Waals surface area contributed by atoms with Gasteiger partial charge in [-0.1, -0.05) is 30.3 Å². The number of aryl methyl sites for hydroxylation is 1. The highest BCUT2D eigenvalue weighted by atomic mass is 16.5. The second kappa shape index (κ2) is 8.22. The van der Waals surface area contributed by atoms with Crippen LogP contribution in [0.5, 0.6) is 11.5 Å². The van der Waals surface area contributed by atoms with Gasteiger partial charge in [-0.05, 0) is 37.6 Å². The van der Waals surface area contributed by atoms with Gasteiger partial charge in [0.25, 0.3) is 0 Å². The van der Waals surface area contributed by atoms with E-state index >= 15 is 0 Å². The lowest BCUT2D eigenvalue weighted by molar-refractivity contribution is -0.122. The smallest absolute Gasteiger partial charge is 0.223 e. The van der Waals surface area contributed by atoms with Crippen LogP contribution in [0.4, 0.5) is 0 Å². The lowest BCUT2D eigenvalue weighted by Crippen LogP contribution is -2.28. The highest BCUT2D eigenvalue weighted by Crippen LogP contribution is 2.24. The molecule has 2 rings (SSSR count). The van der Waals surface area contributed by atoms with E-state index in [1.165, 1.54) is 0 Å². The summed E-state index contributed by atoms with van der Waals surface area (Å²) in [5.74, 6) is 1.52. The first kappa shape index (κ1) is 16.9. The molecular formula is C19H23NO3. The van der Waals surface area contributed by atoms with Crippen LogP contribution in [-0.2, 0) is 4.79 Å². The van der Waals surface area contributed by atoms with Crippen LogP contribution < -0.4 is 14.8 Å². The number of methoxy groups -OCH3 is 1. The summed E-state index contributed by atoms with van der Waals surface area (Å²) in [5.41, 5.74) is 2.10. The number of nitrogens with one attached hydrogen (secondary N) is 1. The van der Waals surface area contributed by atoms with E-state index in [0.29, 0.717) is 13.0 Å². The molecule has 0 spiro atoms. The van der Waals surface area contributed by atoms with Crippen molar-refractivity contribution in [1.29, 1.82) is 0 Å². The van der Waals surface area contributed by atoms with Crippen molar-refractivity contribution in [1.82, 2.24) is 5.32 Å². The maximum Gasteiger partial charge on any atom is 0.223 e. The number of hydrogen-bond donors (Lipinski definition) is 1. The fourth-order valence-corrected chi connectivity index (χ4v) is 2.38. The van der Waals surface area contributed by atoms with Crippen LogP contribution in [0.3, 0.4) is 0 Å². The number of ether oxygens (including phenoxy) is 2. The Morgan fingerprint density at radius 2 is 1.96 bits per heavy atom. The fourth-order valence-electron chi connectivity index (χ4n) is 2.38. The molecule has 0 aliphatic heterocycles. The SMILES string of the molecule is COc1ccccc1[C@H](C)NC(=O)CCOc1cccc(C)c1. The number of amides is 1. The van der Waals surface area contributed by atoms with Gasteiger partial charge in [-0.25, -0.2) is 0 Å². The third-order valence-corrected chi connectivity index (χ3v) is 3.57. The van der Waals surface area contributed by atoms with E-state index < -0.39 is 0 Å². The number of carbonyl (C=O) groups is 1. The number of para-hydroxylation sites is 1. The van der Waals surface area contributed by atoms with Crippen LogP contribution in [-0.4, -0.2) is 19.6 Å². The molecule has 4 heteroatoms. The highest BCUT2D eigenvalue weighted by molar-refractivity contribution is 5.76. The first-order valence-electron chi connectivity index (χ1n) is 7.72. The predicted molar refractivity (Wildman–Crippen MR) is 90.8 cm³/mol. The number of rotatable bonds is 7. The monoisotopic (exact) mass is 313 g/mol. The molecule has 0 aliphatic carbocycles. The van der Waals surface area contributed by atoms with Crippen LogP contribution >= 0.6 is 0 Å². The minimum atomic E-state index is -0.113. The standard InChI is InChI=1S/C19H23NO3/c1-14-7-6-8-16(13-14)23-12-11-19(21)20-15(2)17-9-4-5-10-18(17)22-3/h4-10,13,15H,11-12H2,1-3H3,(H,20,21)/t15-/m0/s1. The summed E-state index contributed by atoms with van der Waals surface area (Å²) in [7, 11) is 1.63. The molecule has 0 aliphatic rings.